The lowest BCUT2D eigenvalue weighted by Gasteiger charge is -2.42. The van der Waals surface area contributed by atoms with Crippen LogP contribution in [0.15, 0.2) is 58.4 Å². The molecule has 3 N–H and O–H groups in total. The van der Waals surface area contributed by atoms with Crippen LogP contribution in [0, 0.1) is 5.82 Å². The van der Waals surface area contributed by atoms with Gasteiger partial charge in [0.25, 0.3) is 0 Å². The minimum Gasteiger partial charge on any atom is -0.449 e. The van der Waals surface area contributed by atoms with Crippen LogP contribution >= 0.6 is 24.2 Å². The van der Waals surface area contributed by atoms with Gasteiger partial charge < -0.3 is 20.7 Å². The van der Waals surface area contributed by atoms with Gasteiger partial charge in [-0.1, -0.05) is 24.3 Å². The molecule has 1 amide bonds. The van der Waals surface area contributed by atoms with Crippen molar-refractivity contribution >= 4 is 41.8 Å². The third kappa shape index (κ3) is 4.82. The molecule has 6 nitrogen and oxygen atoms in total. The highest BCUT2D eigenvalue weighted by atomic mass is 35.5. The molecule has 0 aromatic heterocycles. The molecule has 0 radical (unpaired) electrons. The first-order valence-corrected chi connectivity index (χ1v) is 10.6. The number of fused-ring (bicyclic) bond motifs is 1. The number of aliphatic imine (C=N–C) groups is 1. The van der Waals surface area contributed by atoms with Crippen molar-refractivity contribution in [2.24, 2.45) is 10.7 Å². The number of carbonyl (C=O) groups is 1. The van der Waals surface area contributed by atoms with Crippen LogP contribution in [-0.2, 0) is 4.74 Å². The molecule has 2 aliphatic heterocycles. The first-order chi connectivity index (χ1) is 14.1. The summed E-state index contributed by atoms with van der Waals surface area (Å²) in [5, 5.41) is 3.32. The summed E-state index contributed by atoms with van der Waals surface area (Å²) in [7, 11) is 0. The van der Waals surface area contributed by atoms with Crippen molar-refractivity contribution in [2.45, 2.75) is 23.4 Å². The van der Waals surface area contributed by atoms with Gasteiger partial charge in [0, 0.05) is 42.3 Å². The molecule has 0 aliphatic carbocycles. The van der Waals surface area contributed by atoms with Crippen LogP contribution < -0.4 is 11.1 Å². The van der Waals surface area contributed by atoms with Crippen LogP contribution in [-0.4, -0.2) is 47.9 Å². The Morgan fingerprint density at radius 3 is 2.67 bits per heavy atom. The maximum Gasteiger partial charge on any atom is 0.409 e. The summed E-state index contributed by atoms with van der Waals surface area (Å²) >= 11 is 1.65. The number of nitrogens with zero attached hydrogens (tertiary/aromatic N) is 2. The SMILES string of the molecule is Cl.NC1=NC2(CCN(C(=O)OCCSc3ccccc3)CC2)Nc2cccc(F)c21. The largest absolute Gasteiger partial charge is 0.449 e. The Hall–Kier alpha value is -2.45. The second-order valence-corrected chi connectivity index (χ2v) is 8.25. The van der Waals surface area contributed by atoms with Crippen molar-refractivity contribution in [1.29, 1.82) is 0 Å². The van der Waals surface area contributed by atoms with Gasteiger partial charge >= 0.3 is 6.09 Å². The number of likely N-dealkylation sites (tertiary alicyclic amines) is 1. The molecule has 2 heterocycles. The van der Waals surface area contributed by atoms with Gasteiger partial charge in [-0.2, -0.15) is 0 Å². The molecule has 0 unspecified atom stereocenters. The van der Waals surface area contributed by atoms with E-state index in [9.17, 15) is 9.18 Å². The Kier molecular flexibility index (Phi) is 7.10. The van der Waals surface area contributed by atoms with Crippen molar-refractivity contribution in [2.75, 3.05) is 30.8 Å². The van der Waals surface area contributed by atoms with E-state index in [1.165, 1.54) is 6.07 Å². The van der Waals surface area contributed by atoms with Gasteiger partial charge in [-0.15, -0.1) is 24.2 Å². The number of benzene rings is 2. The monoisotopic (exact) mass is 450 g/mol. The number of halogens is 2. The van der Waals surface area contributed by atoms with Crippen molar-refractivity contribution in [1.82, 2.24) is 4.90 Å². The number of anilines is 1. The van der Waals surface area contributed by atoms with E-state index in [1.54, 1.807) is 28.8 Å². The van der Waals surface area contributed by atoms with Crippen LogP contribution in [0.5, 0.6) is 0 Å². The molecule has 4 rings (SSSR count). The molecule has 30 heavy (non-hydrogen) atoms. The summed E-state index contributed by atoms with van der Waals surface area (Å²) in [6, 6.07) is 14.8. The van der Waals surface area contributed by atoms with E-state index in [2.05, 4.69) is 10.3 Å². The number of nitrogens with two attached hydrogens (primary N) is 1. The van der Waals surface area contributed by atoms with Crippen molar-refractivity contribution < 1.29 is 13.9 Å². The molecule has 0 atom stereocenters. The molecule has 160 valence electrons. The van der Waals surface area contributed by atoms with Crippen LogP contribution in [0.1, 0.15) is 18.4 Å². The number of rotatable bonds is 4. The zero-order valence-electron chi connectivity index (χ0n) is 16.3. The van der Waals surface area contributed by atoms with Crippen LogP contribution in [0.4, 0.5) is 14.9 Å². The Balaban J connectivity index is 0.00000256. The van der Waals surface area contributed by atoms with Crippen molar-refractivity contribution in [3.63, 3.8) is 0 Å². The standard InChI is InChI=1S/C21H23FN4O2S.ClH/c22-16-7-4-8-17-18(16)19(23)25-21(24-17)9-11-26(12-10-21)20(27)28-13-14-29-15-5-2-1-3-6-15;/h1-8,24H,9-14H2,(H2,23,25);1H. The molecular formula is C21H24ClFN4O2S. The second-order valence-electron chi connectivity index (χ2n) is 7.08. The third-order valence-electron chi connectivity index (χ3n) is 5.14. The summed E-state index contributed by atoms with van der Waals surface area (Å²) in [4.78, 5) is 19.7. The van der Waals surface area contributed by atoms with E-state index in [1.807, 2.05) is 30.3 Å². The van der Waals surface area contributed by atoms with E-state index >= 15 is 0 Å². The number of carbonyl (C=O) groups excluding carboxylic acids is 1. The highest BCUT2D eigenvalue weighted by Crippen LogP contribution is 2.35. The number of ether oxygens (including phenoxy) is 1. The van der Waals surface area contributed by atoms with Crippen molar-refractivity contribution in [3.8, 4) is 0 Å². The summed E-state index contributed by atoms with van der Waals surface area (Å²) in [6.07, 6.45) is 0.849. The predicted molar refractivity (Wildman–Crippen MR) is 120 cm³/mol. The lowest BCUT2D eigenvalue weighted by molar-refractivity contribution is 0.0913. The number of amides is 1. The van der Waals surface area contributed by atoms with Gasteiger partial charge in [0.15, 0.2) is 0 Å². The van der Waals surface area contributed by atoms with Gasteiger partial charge in [0.2, 0.25) is 0 Å². The molecule has 0 bridgehead atoms. The molecule has 1 saturated heterocycles. The van der Waals surface area contributed by atoms with Gasteiger partial charge in [-0.3, -0.25) is 0 Å². The zero-order valence-corrected chi connectivity index (χ0v) is 18.0. The minimum absolute atomic E-state index is 0. The van der Waals surface area contributed by atoms with E-state index in [0.717, 1.165) is 4.90 Å². The zero-order chi connectivity index (χ0) is 20.3. The van der Waals surface area contributed by atoms with E-state index < -0.39 is 5.66 Å². The number of amidine groups is 1. The minimum atomic E-state index is -0.606. The molecule has 1 fully saturated rings. The molecule has 9 heteroatoms. The lowest BCUT2D eigenvalue weighted by atomic mass is 9.94. The molecule has 0 saturated carbocycles. The fourth-order valence-corrected chi connectivity index (χ4v) is 4.40. The normalized spacial score (nSPS) is 16.7. The third-order valence-corrected chi connectivity index (χ3v) is 6.12. The van der Waals surface area contributed by atoms with Crippen LogP contribution in [0.2, 0.25) is 0 Å². The summed E-state index contributed by atoms with van der Waals surface area (Å²) < 4.78 is 19.4. The maximum atomic E-state index is 14.0. The lowest BCUT2D eigenvalue weighted by Crippen LogP contribution is -2.52. The number of thioether (sulfide) groups is 1. The molecular weight excluding hydrogens is 427 g/mol. The highest BCUT2D eigenvalue weighted by Gasteiger charge is 2.39. The average Bonchev–Trinajstić information content (AvgIpc) is 2.72. The Morgan fingerprint density at radius 2 is 1.93 bits per heavy atom. The summed E-state index contributed by atoms with van der Waals surface area (Å²) in [5.41, 5.74) is 6.39. The van der Waals surface area contributed by atoms with Gasteiger partial charge in [-0.25, -0.2) is 14.2 Å². The number of piperidine rings is 1. The Morgan fingerprint density at radius 1 is 1.20 bits per heavy atom. The fraction of sp³-hybridized carbons (Fsp3) is 0.333. The second kappa shape index (κ2) is 9.57. The van der Waals surface area contributed by atoms with E-state index in [-0.39, 0.29) is 30.2 Å². The topological polar surface area (TPSA) is 80.0 Å². The van der Waals surface area contributed by atoms with Gasteiger partial charge in [0.05, 0.1) is 5.56 Å². The number of hydrogen-bond acceptors (Lipinski definition) is 6. The summed E-state index contributed by atoms with van der Waals surface area (Å²) in [6.45, 7) is 1.36. The first kappa shape index (κ1) is 22.2. The fourth-order valence-electron chi connectivity index (χ4n) is 3.65. The molecule has 1 spiro atoms. The van der Waals surface area contributed by atoms with E-state index in [0.29, 0.717) is 49.5 Å². The quantitative estimate of drug-likeness (QED) is 0.541. The molecule has 2 aromatic carbocycles. The predicted octanol–water partition coefficient (Wildman–Crippen LogP) is 4.10. The Bertz CT molecular complexity index is 920. The number of hydrogen-bond donors (Lipinski definition) is 2. The highest BCUT2D eigenvalue weighted by molar-refractivity contribution is 7.99. The first-order valence-electron chi connectivity index (χ1n) is 9.58. The van der Waals surface area contributed by atoms with Crippen LogP contribution in [0.3, 0.4) is 0 Å². The smallest absolute Gasteiger partial charge is 0.409 e. The summed E-state index contributed by atoms with van der Waals surface area (Å²) in [5.74, 6) is 0.518. The van der Waals surface area contributed by atoms with Gasteiger partial charge in [-0.05, 0) is 24.3 Å². The molecule has 2 aliphatic rings. The Labute approximate surface area is 185 Å². The average molecular weight is 451 g/mol. The van der Waals surface area contributed by atoms with Crippen molar-refractivity contribution in [3.05, 3.63) is 59.9 Å². The molecule has 2 aromatic rings. The van der Waals surface area contributed by atoms with Crippen LogP contribution in [0.25, 0.3) is 0 Å². The van der Waals surface area contributed by atoms with Gasteiger partial charge in [0.1, 0.15) is 23.9 Å². The number of nitrogens with one attached hydrogen (secondary N) is 1. The maximum absolute atomic E-state index is 14.0. The van der Waals surface area contributed by atoms with E-state index in [4.69, 9.17) is 10.5 Å².